The van der Waals surface area contributed by atoms with Crippen LogP contribution in [-0.2, 0) is 28.7 Å². The summed E-state index contributed by atoms with van der Waals surface area (Å²) in [6.07, 6.45) is 0.427. The topological polar surface area (TPSA) is 186 Å². The summed E-state index contributed by atoms with van der Waals surface area (Å²) in [5, 5.41) is 16.6. The van der Waals surface area contributed by atoms with E-state index in [0.29, 0.717) is 19.4 Å². The summed E-state index contributed by atoms with van der Waals surface area (Å²) in [6, 6.07) is -3.19. The maximum Gasteiger partial charge on any atom is 0.408 e. The first kappa shape index (κ1) is 32.1. The van der Waals surface area contributed by atoms with E-state index in [0.717, 1.165) is 7.11 Å². The van der Waals surface area contributed by atoms with E-state index < -0.39 is 53.6 Å². The number of hydrogen-bond donors (Lipinski definition) is 5. The molecule has 0 aromatic heterocycles. The van der Waals surface area contributed by atoms with Crippen molar-refractivity contribution in [1.82, 2.24) is 16.0 Å². The average molecular weight is 503 g/mol. The lowest BCUT2D eigenvalue weighted by molar-refractivity contribution is -0.146. The van der Waals surface area contributed by atoms with Crippen molar-refractivity contribution < 1.29 is 38.6 Å². The third kappa shape index (κ3) is 14.9. The zero-order chi connectivity index (χ0) is 27.2. The molecule has 0 aromatic carbocycles. The molecule has 0 saturated carbocycles. The molecule has 3 amide bonds. The van der Waals surface area contributed by atoms with E-state index in [-0.39, 0.29) is 31.6 Å². The normalized spacial score (nSPS) is 13.8. The predicted octanol–water partition coefficient (Wildman–Crippen LogP) is 1.06. The van der Waals surface area contributed by atoms with Crippen LogP contribution in [0.2, 0.25) is 0 Å². The quantitative estimate of drug-likeness (QED) is 0.161. The number of amides is 3. The number of alkyl carbamates (subject to hydrolysis) is 1. The third-order valence-electron chi connectivity index (χ3n) is 4.74. The zero-order valence-corrected chi connectivity index (χ0v) is 21.6. The molecule has 35 heavy (non-hydrogen) atoms. The fourth-order valence-electron chi connectivity index (χ4n) is 3.12. The van der Waals surface area contributed by atoms with E-state index in [1.165, 1.54) is 0 Å². The minimum Gasteiger partial charge on any atom is -0.481 e. The lowest BCUT2D eigenvalue weighted by atomic mass is 10.0. The minimum absolute atomic E-state index is 0.00356. The second-order valence-electron chi connectivity index (χ2n) is 9.69. The van der Waals surface area contributed by atoms with Gasteiger partial charge in [-0.2, -0.15) is 0 Å². The summed E-state index contributed by atoms with van der Waals surface area (Å²) in [7, 11) is 1.13. The van der Waals surface area contributed by atoms with Gasteiger partial charge in [-0.25, -0.2) is 9.59 Å². The van der Waals surface area contributed by atoms with Crippen molar-refractivity contribution in [2.45, 2.75) is 96.9 Å². The van der Waals surface area contributed by atoms with Crippen molar-refractivity contribution in [1.29, 1.82) is 0 Å². The van der Waals surface area contributed by atoms with Gasteiger partial charge in [0.05, 0.1) is 7.11 Å². The maximum atomic E-state index is 13.1. The van der Waals surface area contributed by atoms with E-state index in [1.54, 1.807) is 20.8 Å². The van der Waals surface area contributed by atoms with Gasteiger partial charge in [-0.15, -0.1) is 0 Å². The van der Waals surface area contributed by atoms with Crippen LogP contribution in [0.25, 0.3) is 0 Å². The molecule has 0 rings (SSSR count). The van der Waals surface area contributed by atoms with E-state index in [1.807, 2.05) is 13.8 Å². The number of carbonyl (C=O) groups excluding carboxylic acids is 4. The van der Waals surface area contributed by atoms with Crippen LogP contribution < -0.4 is 21.7 Å². The molecule has 202 valence electrons. The van der Waals surface area contributed by atoms with Gasteiger partial charge < -0.3 is 36.3 Å². The lowest BCUT2D eigenvalue weighted by Gasteiger charge is -2.27. The summed E-state index contributed by atoms with van der Waals surface area (Å²) in [5.74, 6) is -3.18. The van der Waals surface area contributed by atoms with E-state index in [2.05, 4.69) is 20.7 Å². The Bertz CT molecular complexity index is 721. The summed E-state index contributed by atoms with van der Waals surface area (Å²) >= 11 is 0. The largest absolute Gasteiger partial charge is 0.481 e. The van der Waals surface area contributed by atoms with E-state index >= 15 is 0 Å². The number of nitrogens with two attached hydrogens (primary N) is 1. The summed E-state index contributed by atoms with van der Waals surface area (Å²) < 4.78 is 9.90. The third-order valence-corrected chi connectivity index (χ3v) is 4.74. The van der Waals surface area contributed by atoms with Crippen molar-refractivity contribution in [3.63, 3.8) is 0 Å². The molecular formula is C23H42N4O8. The number of ether oxygens (including phenoxy) is 2. The van der Waals surface area contributed by atoms with Crippen molar-refractivity contribution in [3.8, 4) is 0 Å². The van der Waals surface area contributed by atoms with Gasteiger partial charge >= 0.3 is 18.0 Å². The fraction of sp³-hybridized carbons (Fsp3) is 0.783. The van der Waals surface area contributed by atoms with Crippen LogP contribution in [0.5, 0.6) is 0 Å². The Kier molecular flexibility index (Phi) is 14.6. The maximum absolute atomic E-state index is 13.1. The van der Waals surface area contributed by atoms with Crippen molar-refractivity contribution in [3.05, 3.63) is 0 Å². The molecule has 12 nitrogen and oxygen atoms in total. The SMILES string of the molecule is COC(=O)C(CCC(=O)O)NC(=O)C(CC(C)C)NC(=O)C(CCCCN)NC(=O)OC(C)(C)C. The molecule has 3 unspecified atom stereocenters. The molecule has 0 saturated heterocycles. The highest BCUT2D eigenvalue weighted by Crippen LogP contribution is 2.11. The molecule has 0 aliphatic carbocycles. The lowest BCUT2D eigenvalue weighted by Crippen LogP contribution is -2.56. The number of carbonyl (C=O) groups is 5. The molecule has 0 aliphatic heterocycles. The molecule has 6 N–H and O–H groups in total. The molecule has 0 heterocycles. The standard InChI is InChI=1S/C23H42N4O8/c1-14(2)13-17(20(31)25-16(21(32)34-6)10-11-18(28)29)26-19(30)15(9-7-8-12-24)27-22(33)35-23(3,4)5/h14-17H,7-13,24H2,1-6H3,(H,25,31)(H,26,30)(H,27,33)(H,28,29). The van der Waals surface area contributed by atoms with Crippen LogP contribution in [0.3, 0.4) is 0 Å². The Morgan fingerprint density at radius 3 is 1.94 bits per heavy atom. The van der Waals surface area contributed by atoms with Crippen LogP contribution in [0.1, 0.15) is 73.1 Å². The first-order valence-electron chi connectivity index (χ1n) is 11.8. The van der Waals surface area contributed by atoms with Crippen LogP contribution in [-0.4, -0.2) is 72.3 Å². The van der Waals surface area contributed by atoms with Gasteiger partial charge in [0.1, 0.15) is 23.7 Å². The summed E-state index contributed by atoms with van der Waals surface area (Å²) in [6.45, 7) is 9.21. The van der Waals surface area contributed by atoms with Gasteiger partial charge in [-0.05, 0) is 65.3 Å². The highest BCUT2D eigenvalue weighted by Gasteiger charge is 2.31. The number of carboxylic acid groups (broad SMARTS) is 1. The van der Waals surface area contributed by atoms with Gasteiger partial charge in [0.15, 0.2) is 0 Å². The van der Waals surface area contributed by atoms with Gasteiger partial charge in [0, 0.05) is 6.42 Å². The first-order chi connectivity index (χ1) is 16.2. The van der Waals surface area contributed by atoms with Gasteiger partial charge in [0.2, 0.25) is 11.8 Å². The summed E-state index contributed by atoms with van der Waals surface area (Å²) in [4.78, 5) is 61.2. The first-order valence-corrected chi connectivity index (χ1v) is 11.8. The Morgan fingerprint density at radius 2 is 1.46 bits per heavy atom. The molecule has 3 atom stereocenters. The minimum atomic E-state index is -1.18. The predicted molar refractivity (Wildman–Crippen MR) is 128 cm³/mol. The van der Waals surface area contributed by atoms with E-state index in [9.17, 15) is 24.0 Å². The molecule has 0 aliphatic rings. The van der Waals surface area contributed by atoms with Crippen LogP contribution in [0.4, 0.5) is 4.79 Å². The zero-order valence-electron chi connectivity index (χ0n) is 21.6. The Labute approximate surface area is 207 Å². The molecule has 0 bridgehead atoms. The molecule has 0 aromatic rings. The number of rotatable bonds is 15. The Hall–Kier alpha value is -2.89. The summed E-state index contributed by atoms with van der Waals surface area (Å²) in [5.41, 5.74) is 4.77. The number of hydrogen-bond acceptors (Lipinski definition) is 8. The highest BCUT2D eigenvalue weighted by atomic mass is 16.6. The van der Waals surface area contributed by atoms with Gasteiger partial charge in [0.25, 0.3) is 0 Å². The van der Waals surface area contributed by atoms with Crippen LogP contribution in [0, 0.1) is 5.92 Å². The monoisotopic (exact) mass is 502 g/mol. The fourth-order valence-corrected chi connectivity index (χ4v) is 3.12. The number of unbranched alkanes of at least 4 members (excludes halogenated alkanes) is 1. The second kappa shape index (κ2) is 15.9. The van der Waals surface area contributed by atoms with Crippen LogP contribution in [0.15, 0.2) is 0 Å². The molecular weight excluding hydrogens is 460 g/mol. The average Bonchev–Trinajstić information content (AvgIpc) is 2.72. The number of carboxylic acids is 1. The smallest absolute Gasteiger partial charge is 0.408 e. The van der Waals surface area contributed by atoms with E-state index in [4.69, 9.17) is 15.6 Å². The van der Waals surface area contributed by atoms with Crippen LogP contribution >= 0.6 is 0 Å². The highest BCUT2D eigenvalue weighted by molar-refractivity contribution is 5.93. The number of aliphatic carboxylic acids is 1. The van der Waals surface area contributed by atoms with Crippen molar-refractivity contribution in [2.75, 3.05) is 13.7 Å². The van der Waals surface area contributed by atoms with Crippen molar-refractivity contribution in [2.24, 2.45) is 11.7 Å². The number of nitrogens with one attached hydrogen (secondary N) is 3. The number of methoxy groups -OCH3 is 1. The Balaban J connectivity index is 5.55. The molecule has 12 heteroatoms. The van der Waals surface area contributed by atoms with Gasteiger partial charge in [-0.3, -0.25) is 14.4 Å². The Morgan fingerprint density at radius 1 is 0.886 bits per heavy atom. The second-order valence-corrected chi connectivity index (χ2v) is 9.69. The van der Waals surface area contributed by atoms with Gasteiger partial charge in [-0.1, -0.05) is 13.8 Å². The molecule has 0 spiro atoms. The molecule has 0 fully saturated rings. The number of esters is 1. The molecule has 0 radical (unpaired) electrons. The van der Waals surface area contributed by atoms with Crippen molar-refractivity contribution >= 4 is 29.8 Å².